The van der Waals surface area contributed by atoms with Crippen LogP contribution < -0.4 is 4.90 Å². The van der Waals surface area contributed by atoms with Crippen LogP contribution in [0, 0.1) is 6.92 Å². The lowest BCUT2D eigenvalue weighted by atomic mass is 10.1. The predicted molar refractivity (Wildman–Crippen MR) is 105 cm³/mol. The van der Waals surface area contributed by atoms with Gasteiger partial charge in [-0.2, -0.15) is 0 Å². The fourth-order valence-electron chi connectivity index (χ4n) is 3.21. The third kappa shape index (κ3) is 3.08. The number of para-hydroxylation sites is 1. The monoisotopic (exact) mass is 361 g/mol. The van der Waals surface area contributed by atoms with E-state index < -0.39 is 0 Å². The van der Waals surface area contributed by atoms with Crippen molar-refractivity contribution in [3.8, 4) is 0 Å². The summed E-state index contributed by atoms with van der Waals surface area (Å²) in [6.45, 7) is 2.81. The van der Waals surface area contributed by atoms with E-state index in [-0.39, 0.29) is 5.97 Å². The zero-order chi connectivity index (χ0) is 18.1. The van der Waals surface area contributed by atoms with Crippen molar-refractivity contribution in [2.24, 2.45) is 0 Å². The number of methoxy groups -OCH3 is 1. The minimum absolute atomic E-state index is 0.308. The standard InChI is InChI=1S/C22H19NO2S/c1-15-10-11-21-19(12-15)23(18-8-3-4-9-20(18)26-21)14-16-6-5-7-17(13-16)22(24)25-2/h3-13H,14H2,1-2H3. The quantitative estimate of drug-likeness (QED) is 0.569. The molecule has 0 saturated heterocycles. The molecule has 26 heavy (non-hydrogen) atoms. The smallest absolute Gasteiger partial charge is 0.337 e. The van der Waals surface area contributed by atoms with Crippen LogP contribution in [-0.2, 0) is 11.3 Å². The molecule has 0 spiro atoms. The van der Waals surface area contributed by atoms with Gasteiger partial charge in [0.05, 0.1) is 24.0 Å². The van der Waals surface area contributed by atoms with Crippen molar-refractivity contribution in [3.63, 3.8) is 0 Å². The predicted octanol–water partition coefficient (Wildman–Crippen LogP) is 5.58. The van der Waals surface area contributed by atoms with Gasteiger partial charge in [0.2, 0.25) is 0 Å². The minimum Gasteiger partial charge on any atom is -0.465 e. The highest BCUT2D eigenvalue weighted by molar-refractivity contribution is 7.99. The highest BCUT2D eigenvalue weighted by atomic mass is 32.2. The molecule has 0 N–H and O–H groups in total. The molecule has 0 bridgehead atoms. The SMILES string of the molecule is COC(=O)c1cccc(CN2c3ccccc3Sc3ccc(C)cc32)c1. The summed E-state index contributed by atoms with van der Waals surface area (Å²) in [4.78, 5) is 16.7. The fraction of sp³-hybridized carbons (Fsp3) is 0.136. The van der Waals surface area contributed by atoms with Gasteiger partial charge in [-0.3, -0.25) is 0 Å². The number of anilines is 2. The minimum atomic E-state index is -0.308. The van der Waals surface area contributed by atoms with Crippen molar-refractivity contribution in [2.45, 2.75) is 23.3 Å². The highest BCUT2D eigenvalue weighted by Gasteiger charge is 2.23. The molecular formula is C22H19NO2S. The van der Waals surface area contributed by atoms with Crippen molar-refractivity contribution < 1.29 is 9.53 Å². The molecule has 0 aliphatic carbocycles. The van der Waals surface area contributed by atoms with Gasteiger partial charge in [-0.25, -0.2) is 4.79 Å². The third-order valence-electron chi connectivity index (χ3n) is 4.47. The molecule has 4 heteroatoms. The van der Waals surface area contributed by atoms with Gasteiger partial charge < -0.3 is 9.64 Å². The molecule has 0 saturated carbocycles. The Morgan fingerprint density at radius 2 is 1.77 bits per heavy atom. The molecule has 0 unspecified atom stereocenters. The number of ether oxygens (including phenoxy) is 1. The van der Waals surface area contributed by atoms with Gasteiger partial charge in [0, 0.05) is 16.3 Å². The number of benzene rings is 3. The van der Waals surface area contributed by atoms with Crippen molar-refractivity contribution in [3.05, 3.63) is 83.4 Å². The van der Waals surface area contributed by atoms with E-state index in [1.165, 1.54) is 33.8 Å². The Morgan fingerprint density at radius 1 is 0.962 bits per heavy atom. The average Bonchev–Trinajstić information content (AvgIpc) is 2.68. The third-order valence-corrected chi connectivity index (χ3v) is 5.60. The van der Waals surface area contributed by atoms with Crippen molar-refractivity contribution >= 4 is 29.1 Å². The number of aryl methyl sites for hydroxylation is 1. The van der Waals surface area contributed by atoms with Crippen LogP contribution in [0.1, 0.15) is 21.5 Å². The van der Waals surface area contributed by atoms with Gasteiger partial charge in [0.15, 0.2) is 0 Å². The van der Waals surface area contributed by atoms with Gasteiger partial charge in [-0.05, 0) is 54.4 Å². The fourth-order valence-corrected chi connectivity index (χ4v) is 4.28. The van der Waals surface area contributed by atoms with Gasteiger partial charge >= 0.3 is 5.97 Å². The maximum absolute atomic E-state index is 11.9. The van der Waals surface area contributed by atoms with Gasteiger partial charge in [-0.1, -0.05) is 42.1 Å². The molecule has 1 heterocycles. The van der Waals surface area contributed by atoms with E-state index in [4.69, 9.17) is 4.74 Å². The second-order valence-corrected chi connectivity index (χ2v) is 7.40. The summed E-state index contributed by atoms with van der Waals surface area (Å²) in [6, 6.07) is 22.6. The molecule has 0 radical (unpaired) electrons. The van der Waals surface area contributed by atoms with Crippen LogP contribution in [0.2, 0.25) is 0 Å². The number of nitrogens with zero attached hydrogens (tertiary/aromatic N) is 1. The molecule has 0 atom stereocenters. The average molecular weight is 361 g/mol. The van der Waals surface area contributed by atoms with Crippen LogP contribution in [0.25, 0.3) is 0 Å². The molecule has 1 aliphatic rings. The molecule has 3 aromatic rings. The number of hydrogen-bond donors (Lipinski definition) is 0. The molecule has 0 amide bonds. The molecule has 130 valence electrons. The van der Waals surface area contributed by atoms with Crippen LogP contribution in [0.15, 0.2) is 76.5 Å². The molecule has 3 nitrogen and oxygen atoms in total. The van der Waals surface area contributed by atoms with E-state index in [2.05, 4.69) is 54.3 Å². The summed E-state index contributed by atoms with van der Waals surface area (Å²) in [7, 11) is 1.41. The Bertz CT molecular complexity index is 983. The Kier molecular flexibility index (Phi) is 4.43. The maximum Gasteiger partial charge on any atom is 0.337 e. The van der Waals surface area contributed by atoms with Crippen molar-refractivity contribution in [1.29, 1.82) is 0 Å². The van der Waals surface area contributed by atoms with Crippen molar-refractivity contribution in [1.82, 2.24) is 0 Å². The zero-order valence-corrected chi connectivity index (χ0v) is 15.5. The lowest BCUT2D eigenvalue weighted by molar-refractivity contribution is 0.0600. The van der Waals surface area contributed by atoms with Crippen LogP contribution in [0.3, 0.4) is 0 Å². The van der Waals surface area contributed by atoms with Crippen LogP contribution in [0.4, 0.5) is 11.4 Å². The first-order chi connectivity index (χ1) is 12.7. The maximum atomic E-state index is 11.9. The second kappa shape index (κ2) is 6.89. The van der Waals surface area contributed by atoms with E-state index >= 15 is 0 Å². The molecule has 3 aromatic carbocycles. The van der Waals surface area contributed by atoms with E-state index in [1.54, 1.807) is 17.8 Å². The Morgan fingerprint density at radius 3 is 2.62 bits per heavy atom. The van der Waals surface area contributed by atoms with Crippen LogP contribution in [0.5, 0.6) is 0 Å². The summed E-state index contributed by atoms with van der Waals surface area (Å²) >= 11 is 1.80. The number of carbonyl (C=O) groups excluding carboxylic acids is 1. The highest BCUT2D eigenvalue weighted by Crippen LogP contribution is 2.48. The van der Waals surface area contributed by atoms with Crippen LogP contribution >= 0.6 is 11.8 Å². The molecule has 0 fully saturated rings. The summed E-state index contributed by atoms with van der Waals surface area (Å²) in [5, 5.41) is 0. The number of carbonyl (C=O) groups is 1. The first-order valence-electron chi connectivity index (χ1n) is 8.48. The van der Waals surface area contributed by atoms with Gasteiger partial charge in [-0.15, -0.1) is 0 Å². The number of rotatable bonds is 3. The molecule has 4 rings (SSSR count). The first-order valence-corrected chi connectivity index (χ1v) is 9.29. The molecule has 0 aromatic heterocycles. The lowest BCUT2D eigenvalue weighted by Crippen LogP contribution is -2.20. The van der Waals surface area contributed by atoms with Crippen molar-refractivity contribution in [2.75, 3.05) is 12.0 Å². The van der Waals surface area contributed by atoms with Gasteiger partial charge in [0.25, 0.3) is 0 Å². The lowest BCUT2D eigenvalue weighted by Gasteiger charge is -2.33. The van der Waals surface area contributed by atoms with E-state index in [0.29, 0.717) is 12.1 Å². The van der Waals surface area contributed by atoms with E-state index in [1.807, 2.05) is 18.2 Å². The van der Waals surface area contributed by atoms with E-state index in [9.17, 15) is 4.79 Å². The Hall–Kier alpha value is -2.72. The number of hydrogen-bond acceptors (Lipinski definition) is 4. The van der Waals surface area contributed by atoms with Crippen LogP contribution in [-0.4, -0.2) is 13.1 Å². The second-order valence-electron chi connectivity index (χ2n) is 6.32. The topological polar surface area (TPSA) is 29.5 Å². The summed E-state index contributed by atoms with van der Waals surface area (Å²) < 4.78 is 4.85. The first kappa shape index (κ1) is 16.7. The zero-order valence-electron chi connectivity index (χ0n) is 14.7. The summed E-state index contributed by atoms with van der Waals surface area (Å²) in [5.41, 5.74) is 5.28. The molecular weight excluding hydrogens is 342 g/mol. The largest absolute Gasteiger partial charge is 0.465 e. The Labute approximate surface area is 157 Å². The number of fused-ring (bicyclic) bond motifs is 2. The normalized spacial score (nSPS) is 12.3. The summed E-state index contributed by atoms with van der Waals surface area (Å²) in [6.07, 6.45) is 0. The summed E-state index contributed by atoms with van der Waals surface area (Å²) in [5.74, 6) is -0.308. The molecule has 1 aliphatic heterocycles. The Balaban J connectivity index is 1.77. The van der Waals surface area contributed by atoms with E-state index in [0.717, 1.165) is 5.56 Å². The van der Waals surface area contributed by atoms with Gasteiger partial charge in [0.1, 0.15) is 0 Å². The number of esters is 1.